The van der Waals surface area contributed by atoms with Crippen LogP contribution in [-0.2, 0) is 4.84 Å². The van der Waals surface area contributed by atoms with E-state index in [9.17, 15) is 4.79 Å². The number of anilines is 1. The highest BCUT2D eigenvalue weighted by Crippen LogP contribution is 2.28. The van der Waals surface area contributed by atoms with E-state index in [2.05, 4.69) is 30.7 Å². The lowest BCUT2D eigenvalue weighted by Crippen LogP contribution is -2.28. The van der Waals surface area contributed by atoms with Crippen molar-refractivity contribution in [2.75, 3.05) is 19.0 Å². The molecule has 0 saturated carbocycles. The molecule has 27 heavy (non-hydrogen) atoms. The third kappa shape index (κ3) is 4.05. The van der Waals surface area contributed by atoms with Crippen molar-refractivity contribution in [2.45, 2.75) is 20.3 Å². The van der Waals surface area contributed by atoms with Gasteiger partial charge in [0.25, 0.3) is 0 Å². The highest BCUT2D eigenvalue weighted by atomic mass is 16.6. The Kier molecular flexibility index (Phi) is 5.65. The molecule has 3 N–H and O–H groups in total. The van der Waals surface area contributed by atoms with E-state index in [0.717, 1.165) is 27.9 Å². The van der Waals surface area contributed by atoms with Gasteiger partial charge in [0.05, 0.1) is 16.7 Å². The van der Waals surface area contributed by atoms with Gasteiger partial charge in [-0.2, -0.15) is 0 Å². The molecular weight excluding hydrogens is 344 g/mol. The molecule has 0 atom stereocenters. The summed E-state index contributed by atoms with van der Waals surface area (Å²) in [6, 6.07) is 7.55. The normalized spacial score (nSPS) is 11.4. The number of imidazole rings is 1. The standard InChI is InChI=1S/C19H22N6O2/c1-4-15(25-27-3)14-9-13(12-7-6-8-20-11-12)10-16-17(14)23-18(22-16)24-19(26)21-5-2/h6-11H,4-5H2,1-3H3,(H3,21,22,23,24,26). The summed E-state index contributed by atoms with van der Waals surface area (Å²) >= 11 is 0. The summed E-state index contributed by atoms with van der Waals surface area (Å²) in [6.07, 6.45) is 4.21. The van der Waals surface area contributed by atoms with Gasteiger partial charge in [-0.15, -0.1) is 0 Å². The average Bonchev–Trinajstić information content (AvgIpc) is 3.08. The summed E-state index contributed by atoms with van der Waals surface area (Å²) in [7, 11) is 1.52. The van der Waals surface area contributed by atoms with Crippen LogP contribution in [0.15, 0.2) is 41.8 Å². The van der Waals surface area contributed by atoms with Gasteiger partial charge in [-0.1, -0.05) is 18.1 Å². The monoisotopic (exact) mass is 366 g/mol. The van der Waals surface area contributed by atoms with Crippen molar-refractivity contribution in [1.29, 1.82) is 0 Å². The number of benzene rings is 1. The maximum Gasteiger partial charge on any atom is 0.321 e. The second kappa shape index (κ2) is 8.31. The van der Waals surface area contributed by atoms with E-state index in [1.807, 2.05) is 38.1 Å². The lowest BCUT2D eigenvalue weighted by Gasteiger charge is -2.08. The highest BCUT2D eigenvalue weighted by Gasteiger charge is 2.16. The van der Waals surface area contributed by atoms with E-state index < -0.39 is 0 Å². The minimum atomic E-state index is -0.313. The molecule has 140 valence electrons. The minimum Gasteiger partial charge on any atom is -0.399 e. The van der Waals surface area contributed by atoms with E-state index in [1.165, 1.54) is 7.11 Å². The van der Waals surface area contributed by atoms with Crippen molar-refractivity contribution in [3.05, 3.63) is 42.2 Å². The molecule has 0 radical (unpaired) electrons. The first-order chi connectivity index (χ1) is 13.2. The molecule has 0 unspecified atom stereocenters. The van der Waals surface area contributed by atoms with Crippen LogP contribution in [0.1, 0.15) is 25.8 Å². The Hall–Kier alpha value is -3.42. The van der Waals surface area contributed by atoms with Crippen LogP contribution in [0.5, 0.6) is 0 Å². The van der Waals surface area contributed by atoms with Gasteiger partial charge in [0.2, 0.25) is 5.95 Å². The Morgan fingerprint density at radius 3 is 2.81 bits per heavy atom. The molecule has 8 heteroatoms. The van der Waals surface area contributed by atoms with E-state index >= 15 is 0 Å². The first kappa shape index (κ1) is 18.4. The molecule has 0 fully saturated rings. The van der Waals surface area contributed by atoms with Crippen molar-refractivity contribution >= 4 is 28.7 Å². The van der Waals surface area contributed by atoms with E-state index in [-0.39, 0.29) is 6.03 Å². The third-order valence-electron chi connectivity index (χ3n) is 4.00. The Bertz CT molecular complexity index is 965. The fraction of sp³-hybridized carbons (Fsp3) is 0.263. The Balaban J connectivity index is 2.14. The summed E-state index contributed by atoms with van der Waals surface area (Å²) < 4.78 is 0. The van der Waals surface area contributed by atoms with Gasteiger partial charge >= 0.3 is 6.03 Å². The highest BCUT2D eigenvalue weighted by molar-refractivity contribution is 6.10. The van der Waals surface area contributed by atoms with Crippen LogP contribution in [0.25, 0.3) is 22.2 Å². The van der Waals surface area contributed by atoms with Gasteiger partial charge in [0.1, 0.15) is 7.11 Å². The van der Waals surface area contributed by atoms with Crippen LogP contribution in [-0.4, -0.2) is 40.3 Å². The fourth-order valence-electron chi connectivity index (χ4n) is 2.82. The Morgan fingerprint density at radius 2 is 2.15 bits per heavy atom. The third-order valence-corrected chi connectivity index (χ3v) is 4.00. The molecule has 0 spiro atoms. The topological polar surface area (TPSA) is 104 Å². The Morgan fingerprint density at radius 1 is 1.30 bits per heavy atom. The quantitative estimate of drug-likeness (QED) is 0.458. The molecule has 2 amide bonds. The Labute approximate surface area is 157 Å². The molecule has 0 aliphatic carbocycles. The van der Waals surface area contributed by atoms with Crippen LogP contribution < -0.4 is 10.6 Å². The van der Waals surface area contributed by atoms with Crippen LogP contribution in [0.4, 0.5) is 10.7 Å². The molecule has 2 heterocycles. The van der Waals surface area contributed by atoms with Crippen molar-refractivity contribution in [2.24, 2.45) is 5.16 Å². The zero-order chi connectivity index (χ0) is 19.2. The van der Waals surface area contributed by atoms with Crippen molar-refractivity contribution in [1.82, 2.24) is 20.3 Å². The number of hydrogen-bond acceptors (Lipinski definition) is 5. The van der Waals surface area contributed by atoms with Gasteiger partial charge in [-0.25, -0.2) is 9.78 Å². The predicted octanol–water partition coefficient (Wildman–Crippen LogP) is 3.53. The molecule has 1 aromatic carbocycles. The molecule has 0 aliphatic heterocycles. The SMILES string of the molecule is CCNC(=O)Nc1nc2c(C(CC)=NOC)cc(-c3cccnc3)cc2[nH]1. The zero-order valence-corrected chi connectivity index (χ0v) is 15.5. The minimum absolute atomic E-state index is 0.313. The number of hydrogen-bond donors (Lipinski definition) is 3. The number of rotatable bonds is 6. The number of aromatic amines is 1. The fourth-order valence-corrected chi connectivity index (χ4v) is 2.82. The summed E-state index contributed by atoms with van der Waals surface area (Å²) in [5.74, 6) is 0.369. The van der Waals surface area contributed by atoms with Gasteiger partial charge in [-0.3, -0.25) is 10.3 Å². The van der Waals surface area contributed by atoms with Crippen LogP contribution in [0.2, 0.25) is 0 Å². The molecule has 2 aromatic heterocycles. The van der Waals surface area contributed by atoms with E-state index in [1.54, 1.807) is 12.4 Å². The number of fused-ring (bicyclic) bond motifs is 1. The summed E-state index contributed by atoms with van der Waals surface area (Å²) in [5, 5.41) is 9.53. The lowest BCUT2D eigenvalue weighted by atomic mass is 9.99. The molecular formula is C19H22N6O2. The van der Waals surface area contributed by atoms with Crippen molar-refractivity contribution in [3.8, 4) is 11.1 Å². The van der Waals surface area contributed by atoms with Gasteiger partial charge in [0.15, 0.2) is 0 Å². The van der Waals surface area contributed by atoms with Gasteiger partial charge < -0.3 is 15.1 Å². The number of carbonyl (C=O) groups is 1. The molecule has 0 aliphatic rings. The second-order valence-electron chi connectivity index (χ2n) is 5.81. The predicted molar refractivity (Wildman–Crippen MR) is 106 cm³/mol. The second-order valence-corrected chi connectivity index (χ2v) is 5.81. The number of aromatic nitrogens is 3. The van der Waals surface area contributed by atoms with Crippen molar-refractivity contribution < 1.29 is 9.63 Å². The number of pyridine rings is 1. The zero-order valence-electron chi connectivity index (χ0n) is 15.5. The number of H-pyrrole nitrogens is 1. The number of carbonyl (C=O) groups excluding carboxylic acids is 1. The van der Waals surface area contributed by atoms with E-state index in [4.69, 9.17) is 4.84 Å². The molecule has 8 nitrogen and oxygen atoms in total. The molecule has 0 bridgehead atoms. The lowest BCUT2D eigenvalue weighted by molar-refractivity contribution is 0.213. The molecule has 3 rings (SSSR count). The molecule has 0 saturated heterocycles. The number of nitrogens with one attached hydrogen (secondary N) is 3. The maximum absolute atomic E-state index is 11.8. The maximum atomic E-state index is 11.8. The largest absolute Gasteiger partial charge is 0.399 e. The molecule has 3 aromatic rings. The number of amides is 2. The van der Waals surface area contributed by atoms with Crippen molar-refractivity contribution in [3.63, 3.8) is 0 Å². The van der Waals surface area contributed by atoms with Crippen LogP contribution in [0.3, 0.4) is 0 Å². The van der Waals surface area contributed by atoms with Crippen LogP contribution >= 0.6 is 0 Å². The number of oxime groups is 1. The van der Waals surface area contributed by atoms with E-state index in [0.29, 0.717) is 24.4 Å². The number of nitrogens with zero attached hydrogens (tertiary/aromatic N) is 3. The van der Waals surface area contributed by atoms with Gasteiger partial charge in [0, 0.05) is 30.1 Å². The smallest absolute Gasteiger partial charge is 0.321 e. The summed E-state index contributed by atoms with van der Waals surface area (Å²) in [5.41, 5.74) is 5.06. The average molecular weight is 366 g/mol. The summed E-state index contributed by atoms with van der Waals surface area (Å²) in [6.45, 7) is 4.38. The van der Waals surface area contributed by atoms with Gasteiger partial charge in [-0.05, 0) is 37.1 Å². The van der Waals surface area contributed by atoms with Crippen LogP contribution in [0, 0.1) is 0 Å². The first-order valence-corrected chi connectivity index (χ1v) is 8.75. The first-order valence-electron chi connectivity index (χ1n) is 8.75. The summed E-state index contributed by atoms with van der Waals surface area (Å²) in [4.78, 5) is 28.7. The number of urea groups is 1.